The quantitative estimate of drug-likeness (QED) is 0.272. The van der Waals surface area contributed by atoms with E-state index in [-0.39, 0.29) is 0 Å². The molecule has 0 saturated heterocycles. The van der Waals surface area contributed by atoms with Crippen LogP contribution in [0.15, 0.2) is 80.8 Å². The fourth-order valence-corrected chi connectivity index (χ4v) is 2.94. The van der Waals surface area contributed by atoms with E-state index < -0.39 is 69.2 Å². The molecule has 0 amide bonds. The minimum atomic E-state index is -5.39. The highest BCUT2D eigenvalue weighted by Crippen LogP contribution is 2.45. The number of allylic oxidation sites excluding steroid dienone is 8. The zero-order chi connectivity index (χ0) is 27.3. The molecule has 0 spiro atoms. The standard InChI is InChI=1S/C22H4F6N6O2/c1-32-15(9-30)14-7-6-12-13(5-4-11(8-29)19(14)35-21(23,24)25)18(34-3)20(36-22(26,27)28)17(12)16(10-31)33-2/h4-7H/b5-4+,7-6?,15-14+,17-16-,19-11-. The lowest BCUT2D eigenvalue weighted by Crippen LogP contribution is -2.15. The van der Waals surface area contributed by atoms with E-state index in [9.17, 15) is 42.1 Å². The number of halogens is 6. The normalized spacial score (nSPS) is 21.1. The van der Waals surface area contributed by atoms with Crippen LogP contribution >= 0.6 is 0 Å². The van der Waals surface area contributed by atoms with E-state index >= 15 is 0 Å². The SMILES string of the molecule is [C-]#[N+]C1=C(OC(F)(F)F)/C(=C(/C#N)[N+]#[C-])C2=C1/C=C/C(C#N)=C(OC(F)(F)F)\C(=C(/C#N)[N+]#[C-])C=C2. The van der Waals surface area contributed by atoms with E-state index in [1.165, 1.54) is 18.2 Å². The molecule has 0 unspecified atom stereocenters. The van der Waals surface area contributed by atoms with Gasteiger partial charge in [0.2, 0.25) is 5.70 Å². The first kappa shape index (κ1) is 26.6. The van der Waals surface area contributed by atoms with E-state index in [0.29, 0.717) is 12.2 Å². The third kappa shape index (κ3) is 5.43. The maximum Gasteiger partial charge on any atom is 0.573 e. The second-order valence-electron chi connectivity index (χ2n) is 6.17. The van der Waals surface area contributed by atoms with Crippen molar-refractivity contribution in [3.63, 3.8) is 0 Å². The summed E-state index contributed by atoms with van der Waals surface area (Å²) in [7, 11) is 0. The lowest BCUT2D eigenvalue weighted by Gasteiger charge is -2.16. The lowest BCUT2D eigenvalue weighted by molar-refractivity contribution is -0.304. The molecule has 14 heteroatoms. The van der Waals surface area contributed by atoms with Crippen LogP contribution in [0.1, 0.15) is 0 Å². The van der Waals surface area contributed by atoms with Gasteiger partial charge in [0.05, 0.1) is 37.4 Å². The number of ether oxygens (including phenoxy) is 2. The maximum absolute atomic E-state index is 13.1. The minimum absolute atomic E-state index is 0.450. The molecular formula is C22H4F6N6O2. The molecule has 0 aromatic heterocycles. The molecule has 176 valence electrons. The van der Waals surface area contributed by atoms with E-state index in [4.69, 9.17) is 19.7 Å². The van der Waals surface area contributed by atoms with Crippen molar-refractivity contribution < 1.29 is 35.8 Å². The van der Waals surface area contributed by atoms with Gasteiger partial charge < -0.3 is 9.47 Å². The van der Waals surface area contributed by atoms with Crippen molar-refractivity contribution in [3.05, 3.63) is 115 Å². The summed E-state index contributed by atoms with van der Waals surface area (Å²) < 4.78 is 86.4. The van der Waals surface area contributed by atoms with Crippen molar-refractivity contribution in [2.24, 2.45) is 0 Å². The van der Waals surface area contributed by atoms with Gasteiger partial charge in [-0.05, 0) is 17.2 Å². The topological polar surface area (TPSA) is 103 Å². The van der Waals surface area contributed by atoms with E-state index in [2.05, 4.69) is 24.0 Å². The number of alkyl halides is 6. The molecule has 0 saturated carbocycles. The second kappa shape index (κ2) is 10.1. The Labute approximate surface area is 198 Å². The molecule has 2 aliphatic carbocycles. The highest BCUT2D eigenvalue weighted by Gasteiger charge is 2.41. The third-order valence-electron chi connectivity index (χ3n) is 4.17. The summed E-state index contributed by atoms with van der Waals surface area (Å²) in [5, 5.41) is 27.9. The molecule has 36 heavy (non-hydrogen) atoms. The smallest absolute Gasteiger partial charge is 0.418 e. The fraction of sp³-hybridized carbons (Fsp3) is 0.0909. The molecule has 2 aliphatic rings. The van der Waals surface area contributed by atoms with Crippen molar-refractivity contribution in [2.45, 2.75) is 12.7 Å². The number of hydrogen-bond acceptors (Lipinski definition) is 5. The number of nitriles is 3. The van der Waals surface area contributed by atoms with Crippen LogP contribution in [0.5, 0.6) is 0 Å². The predicted octanol–water partition coefficient (Wildman–Crippen LogP) is 5.80. The van der Waals surface area contributed by atoms with Crippen LogP contribution in [0.4, 0.5) is 26.3 Å². The van der Waals surface area contributed by atoms with Crippen LogP contribution in [-0.2, 0) is 9.47 Å². The molecule has 8 nitrogen and oxygen atoms in total. The first-order valence-electron chi connectivity index (χ1n) is 8.78. The minimum Gasteiger partial charge on any atom is -0.418 e. The molecule has 0 aromatic rings. The summed E-state index contributed by atoms with van der Waals surface area (Å²) in [4.78, 5) is 8.57. The molecule has 0 radical (unpaired) electrons. The summed E-state index contributed by atoms with van der Waals surface area (Å²) in [5.74, 6) is -2.50. The lowest BCUT2D eigenvalue weighted by atomic mass is 10.0. The largest absolute Gasteiger partial charge is 0.573 e. The van der Waals surface area contributed by atoms with Gasteiger partial charge in [-0.25, -0.2) is 25.1 Å². The molecule has 0 N–H and O–H groups in total. The Hall–Kier alpha value is -5.70. The molecular weight excluding hydrogens is 494 g/mol. The van der Waals surface area contributed by atoms with Crippen molar-refractivity contribution in [3.8, 4) is 18.2 Å². The first-order valence-corrected chi connectivity index (χ1v) is 8.78. The van der Waals surface area contributed by atoms with Crippen molar-refractivity contribution in [2.75, 3.05) is 0 Å². The molecule has 0 heterocycles. The van der Waals surface area contributed by atoms with Crippen LogP contribution in [0.25, 0.3) is 14.5 Å². The molecule has 2 rings (SSSR count). The predicted molar refractivity (Wildman–Crippen MR) is 104 cm³/mol. The van der Waals surface area contributed by atoms with Gasteiger partial charge >= 0.3 is 12.7 Å². The van der Waals surface area contributed by atoms with Crippen LogP contribution in [-0.4, -0.2) is 12.7 Å². The molecule has 0 aromatic carbocycles. The maximum atomic E-state index is 13.1. The van der Waals surface area contributed by atoms with Crippen molar-refractivity contribution in [1.29, 1.82) is 15.8 Å². The van der Waals surface area contributed by atoms with E-state index in [0.717, 1.165) is 12.2 Å². The third-order valence-corrected chi connectivity index (χ3v) is 4.17. The summed E-state index contributed by atoms with van der Waals surface area (Å²) >= 11 is 0. The summed E-state index contributed by atoms with van der Waals surface area (Å²) in [6.45, 7) is 21.5. The number of rotatable bonds is 2. The Balaban J connectivity index is 3.09. The van der Waals surface area contributed by atoms with Gasteiger partial charge in [-0.3, -0.25) is 0 Å². The van der Waals surface area contributed by atoms with Gasteiger partial charge in [0.15, 0.2) is 0 Å². The average Bonchev–Trinajstić information content (AvgIpc) is 3.09. The average molecular weight is 498 g/mol. The van der Waals surface area contributed by atoms with E-state index in [1.54, 1.807) is 0 Å². The highest BCUT2D eigenvalue weighted by molar-refractivity contribution is 5.75. The van der Waals surface area contributed by atoms with Crippen LogP contribution in [0, 0.1) is 53.7 Å². The van der Waals surface area contributed by atoms with Crippen LogP contribution in [0.2, 0.25) is 0 Å². The van der Waals surface area contributed by atoms with Gasteiger partial charge in [-0.1, -0.05) is 18.2 Å². The Morgan fingerprint density at radius 1 is 0.750 bits per heavy atom. The summed E-state index contributed by atoms with van der Waals surface area (Å²) in [5.41, 5.74) is -6.35. The second-order valence-corrected chi connectivity index (χ2v) is 6.17. The Bertz CT molecular complexity index is 1470. The van der Waals surface area contributed by atoms with E-state index in [1.807, 2.05) is 0 Å². The Morgan fingerprint density at radius 2 is 1.28 bits per heavy atom. The molecule has 0 bridgehead atoms. The first-order chi connectivity index (χ1) is 16.8. The van der Waals surface area contributed by atoms with Gasteiger partial charge in [0, 0.05) is 11.1 Å². The summed E-state index contributed by atoms with van der Waals surface area (Å²) in [6, 6.07) is 4.05. The Morgan fingerprint density at radius 3 is 1.72 bits per heavy atom. The molecule has 0 atom stereocenters. The zero-order valence-corrected chi connectivity index (χ0v) is 17.1. The van der Waals surface area contributed by atoms with Crippen LogP contribution in [0.3, 0.4) is 0 Å². The van der Waals surface area contributed by atoms with Gasteiger partial charge in [-0.2, -0.15) is 5.26 Å². The number of hydrogen-bond donors (Lipinski definition) is 0. The Kier molecular flexibility index (Phi) is 7.42. The monoisotopic (exact) mass is 498 g/mol. The highest BCUT2D eigenvalue weighted by atomic mass is 19.4. The van der Waals surface area contributed by atoms with Crippen LogP contribution < -0.4 is 0 Å². The van der Waals surface area contributed by atoms with Gasteiger partial charge in [0.1, 0.15) is 17.6 Å². The molecule has 0 aliphatic heterocycles. The molecule has 0 fully saturated rings. The summed E-state index contributed by atoms with van der Waals surface area (Å²) in [6.07, 6.45) is -7.93. The number of nitrogens with zero attached hydrogens (tertiary/aromatic N) is 6. The van der Waals surface area contributed by atoms with Crippen molar-refractivity contribution >= 4 is 0 Å². The van der Waals surface area contributed by atoms with Gasteiger partial charge in [-0.15, -0.1) is 26.3 Å². The van der Waals surface area contributed by atoms with Crippen molar-refractivity contribution in [1.82, 2.24) is 0 Å². The fourth-order valence-electron chi connectivity index (χ4n) is 2.94. The van der Waals surface area contributed by atoms with Gasteiger partial charge in [0.25, 0.3) is 11.4 Å². The zero-order valence-electron chi connectivity index (χ0n) is 17.1.